The third kappa shape index (κ3) is 3.84. The van der Waals surface area contributed by atoms with E-state index < -0.39 is 0 Å². The summed E-state index contributed by atoms with van der Waals surface area (Å²) in [6.07, 6.45) is 7.94. The standard InChI is InChI=1S/C16H27N3O/c1-2-5-15(4-1)17-14-16-6-3-7-19(16)9-8-18-10-12-20-13-11-18/h3,6-7,15,17H,1-2,4-5,8-14H2/p+2. The van der Waals surface area contributed by atoms with E-state index >= 15 is 0 Å². The summed E-state index contributed by atoms with van der Waals surface area (Å²) in [7, 11) is 0. The SMILES string of the molecule is c1cc(C[NH2+]C2CCCC2)n(CC[NH+]2CCOCC2)c1. The van der Waals surface area contributed by atoms with E-state index in [4.69, 9.17) is 4.74 Å². The summed E-state index contributed by atoms with van der Waals surface area (Å²) in [4.78, 5) is 1.69. The van der Waals surface area contributed by atoms with Gasteiger partial charge >= 0.3 is 0 Å². The molecule has 0 aromatic carbocycles. The summed E-state index contributed by atoms with van der Waals surface area (Å²) in [6.45, 7) is 7.74. The number of ether oxygens (including phenoxy) is 1. The maximum Gasteiger partial charge on any atom is 0.117 e. The van der Waals surface area contributed by atoms with Gasteiger partial charge in [0.2, 0.25) is 0 Å². The molecule has 20 heavy (non-hydrogen) atoms. The molecular formula is C16H29N3O+2. The van der Waals surface area contributed by atoms with Gasteiger partial charge in [-0.25, -0.2) is 0 Å². The highest BCUT2D eigenvalue weighted by Crippen LogP contribution is 2.14. The Bertz CT molecular complexity index is 392. The number of hydrogen-bond acceptors (Lipinski definition) is 1. The van der Waals surface area contributed by atoms with Crippen LogP contribution in [0, 0.1) is 0 Å². The molecule has 0 amide bonds. The van der Waals surface area contributed by atoms with Crippen LogP contribution in [0.15, 0.2) is 18.3 Å². The van der Waals surface area contributed by atoms with Crippen LogP contribution in [-0.2, 0) is 17.8 Å². The Morgan fingerprint density at radius 2 is 2.05 bits per heavy atom. The van der Waals surface area contributed by atoms with E-state index in [1.54, 1.807) is 4.90 Å². The lowest BCUT2D eigenvalue weighted by Crippen LogP contribution is -3.14. The first-order valence-corrected chi connectivity index (χ1v) is 8.30. The van der Waals surface area contributed by atoms with E-state index in [-0.39, 0.29) is 0 Å². The molecule has 0 atom stereocenters. The molecule has 3 N–H and O–H groups in total. The minimum Gasteiger partial charge on any atom is -0.370 e. The van der Waals surface area contributed by atoms with Crippen LogP contribution in [0.2, 0.25) is 0 Å². The van der Waals surface area contributed by atoms with Crippen molar-refractivity contribution in [2.45, 2.75) is 44.8 Å². The Morgan fingerprint density at radius 3 is 2.85 bits per heavy atom. The molecule has 112 valence electrons. The molecule has 0 unspecified atom stereocenters. The highest BCUT2D eigenvalue weighted by molar-refractivity contribution is 5.05. The fraction of sp³-hybridized carbons (Fsp3) is 0.750. The van der Waals surface area contributed by atoms with Gasteiger partial charge in [-0.15, -0.1) is 0 Å². The number of aromatic nitrogens is 1. The minimum atomic E-state index is 0.878. The Kier molecular flexibility index (Phi) is 5.12. The van der Waals surface area contributed by atoms with Gasteiger partial charge in [0, 0.05) is 6.20 Å². The largest absolute Gasteiger partial charge is 0.370 e. The van der Waals surface area contributed by atoms with Crippen LogP contribution in [-0.4, -0.2) is 43.5 Å². The lowest BCUT2D eigenvalue weighted by Gasteiger charge is -2.24. The van der Waals surface area contributed by atoms with Gasteiger partial charge in [-0.3, -0.25) is 0 Å². The van der Waals surface area contributed by atoms with E-state index in [1.807, 2.05) is 0 Å². The first-order chi connectivity index (χ1) is 9.92. The molecule has 0 radical (unpaired) electrons. The molecule has 0 bridgehead atoms. The number of nitrogens with zero attached hydrogens (tertiary/aromatic N) is 1. The Hall–Kier alpha value is -0.840. The van der Waals surface area contributed by atoms with Crippen LogP contribution in [0.1, 0.15) is 31.4 Å². The van der Waals surface area contributed by atoms with Crippen molar-refractivity contribution in [2.75, 3.05) is 32.8 Å². The highest BCUT2D eigenvalue weighted by Gasteiger charge is 2.18. The quantitative estimate of drug-likeness (QED) is 0.717. The van der Waals surface area contributed by atoms with Crippen LogP contribution in [0.3, 0.4) is 0 Å². The maximum atomic E-state index is 5.42. The molecule has 0 spiro atoms. The second-order valence-corrected chi connectivity index (χ2v) is 6.29. The molecule has 3 rings (SSSR count). The van der Waals surface area contributed by atoms with Crippen molar-refractivity contribution in [1.29, 1.82) is 0 Å². The van der Waals surface area contributed by atoms with Gasteiger partial charge in [0.1, 0.15) is 19.6 Å². The van der Waals surface area contributed by atoms with E-state index in [0.717, 1.165) is 32.3 Å². The lowest BCUT2D eigenvalue weighted by molar-refractivity contribution is -0.908. The van der Waals surface area contributed by atoms with Crippen molar-refractivity contribution in [3.05, 3.63) is 24.0 Å². The Morgan fingerprint density at radius 1 is 1.25 bits per heavy atom. The summed E-state index contributed by atoms with van der Waals surface area (Å²) >= 11 is 0. The zero-order valence-electron chi connectivity index (χ0n) is 12.5. The smallest absolute Gasteiger partial charge is 0.117 e. The van der Waals surface area contributed by atoms with Crippen LogP contribution in [0.25, 0.3) is 0 Å². The number of hydrogen-bond donors (Lipinski definition) is 2. The number of nitrogens with two attached hydrogens (primary N) is 1. The highest BCUT2D eigenvalue weighted by atomic mass is 16.5. The van der Waals surface area contributed by atoms with Crippen molar-refractivity contribution in [1.82, 2.24) is 4.57 Å². The molecule has 2 fully saturated rings. The minimum absolute atomic E-state index is 0.878. The van der Waals surface area contributed by atoms with Gasteiger partial charge in [-0.2, -0.15) is 0 Å². The average Bonchev–Trinajstić information content (AvgIpc) is 3.15. The molecule has 4 nitrogen and oxygen atoms in total. The van der Waals surface area contributed by atoms with Crippen molar-refractivity contribution >= 4 is 0 Å². The van der Waals surface area contributed by atoms with Gasteiger partial charge in [0.15, 0.2) is 0 Å². The molecule has 1 aliphatic heterocycles. The predicted molar refractivity (Wildman–Crippen MR) is 78.7 cm³/mol. The number of rotatable bonds is 6. The van der Waals surface area contributed by atoms with Crippen LogP contribution in [0.4, 0.5) is 0 Å². The van der Waals surface area contributed by atoms with Crippen LogP contribution >= 0.6 is 0 Å². The van der Waals surface area contributed by atoms with Gasteiger partial charge in [-0.05, 0) is 37.8 Å². The summed E-state index contributed by atoms with van der Waals surface area (Å²) in [5, 5.41) is 2.56. The molecule has 1 aromatic rings. The van der Waals surface area contributed by atoms with Gasteiger partial charge < -0.3 is 19.5 Å². The fourth-order valence-electron chi connectivity index (χ4n) is 3.52. The first kappa shape index (κ1) is 14.1. The topological polar surface area (TPSA) is 35.2 Å². The third-order valence-corrected chi connectivity index (χ3v) is 4.89. The van der Waals surface area contributed by atoms with E-state index in [9.17, 15) is 0 Å². The Labute approximate surface area is 122 Å². The van der Waals surface area contributed by atoms with Crippen molar-refractivity contribution in [3.63, 3.8) is 0 Å². The normalized spacial score (nSPS) is 21.6. The molecule has 1 aromatic heterocycles. The van der Waals surface area contributed by atoms with E-state index in [1.165, 1.54) is 51.0 Å². The van der Waals surface area contributed by atoms with Gasteiger partial charge in [0.05, 0.1) is 38.0 Å². The fourth-order valence-corrected chi connectivity index (χ4v) is 3.52. The second-order valence-electron chi connectivity index (χ2n) is 6.29. The van der Waals surface area contributed by atoms with Gasteiger partial charge in [-0.1, -0.05) is 0 Å². The summed E-state index contributed by atoms with van der Waals surface area (Å²) in [6, 6.07) is 5.37. The average molecular weight is 279 g/mol. The van der Waals surface area contributed by atoms with Crippen molar-refractivity contribution < 1.29 is 15.0 Å². The molecule has 2 heterocycles. The third-order valence-electron chi connectivity index (χ3n) is 4.89. The van der Waals surface area contributed by atoms with E-state index in [2.05, 4.69) is 28.2 Å². The zero-order valence-corrected chi connectivity index (χ0v) is 12.5. The van der Waals surface area contributed by atoms with Gasteiger partial charge in [0.25, 0.3) is 0 Å². The number of quaternary nitrogens is 2. The summed E-state index contributed by atoms with van der Waals surface area (Å²) < 4.78 is 7.88. The molecule has 4 heteroatoms. The monoisotopic (exact) mass is 279 g/mol. The van der Waals surface area contributed by atoms with E-state index in [0.29, 0.717) is 0 Å². The Balaban J connectivity index is 1.45. The number of morpholine rings is 1. The number of nitrogens with one attached hydrogen (secondary N) is 1. The van der Waals surface area contributed by atoms with Crippen LogP contribution < -0.4 is 10.2 Å². The molecule has 1 aliphatic carbocycles. The second kappa shape index (κ2) is 7.25. The lowest BCUT2D eigenvalue weighted by atomic mass is 10.2. The molecule has 2 aliphatic rings. The molecule has 1 saturated carbocycles. The maximum absolute atomic E-state index is 5.42. The van der Waals surface area contributed by atoms with Crippen molar-refractivity contribution in [3.8, 4) is 0 Å². The first-order valence-electron chi connectivity index (χ1n) is 8.30. The zero-order chi connectivity index (χ0) is 13.6. The summed E-state index contributed by atoms with van der Waals surface area (Å²) in [5.41, 5.74) is 1.49. The van der Waals surface area contributed by atoms with Crippen molar-refractivity contribution in [2.24, 2.45) is 0 Å². The predicted octanol–water partition coefficient (Wildman–Crippen LogP) is -0.591. The van der Waals surface area contributed by atoms with Crippen LogP contribution in [0.5, 0.6) is 0 Å². The summed E-state index contributed by atoms with van der Waals surface area (Å²) in [5.74, 6) is 0. The molecular weight excluding hydrogens is 250 g/mol. The molecule has 1 saturated heterocycles.